The molecule has 1 aromatic carbocycles. The van der Waals surface area contributed by atoms with Crippen molar-refractivity contribution in [2.24, 2.45) is 0 Å². The van der Waals surface area contributed by atoms with Crippen LogP contribution in [0.25, 0.3) is 0 Å². The lowest BCUT2D eigenvalue weighted by molar-refractivity contribution is -0.134. The molecule has 5 heteroatoms. The normalized spacial score (nSPS) is 11.0. The number of nitrogens with one attached hydrogen (secondary N) is 2. The molecule has 0 radical (unpaired) electrons. The minimum atomic E-state index is -0.886. The smallest absolute Gasteiger partial charge is 0.322 e. The zero-order valence-corrected chi connectivity index (χ0v) is 10.3. The Hall–Kier alpha value is -1.75. The summed E-state index contributed by atoms with van der Waals surface area (Å²) < 4.78 is 0. The Balaban J connectivity index is 2.47. The summed E-state index contributed by atoms with van der Waals surface area (Å²) in [7, 11) is 0. The first-order valence-electron chi connectivity index (χ1n) is 5.36. The second-order valence-corrected chi connectivity index (χ2v) is 4.64. The lowest BCUT2D eigenvalue weighted by Gasteiger charge is -2.20. The Kier molecular flexibility index (Phi) is 4.34. The summed E-state index contributed by atoms with van der Waals surface area (Å²) in [5, 5.41) is 11.3. The fourth-order valence-electron chi connectivity index (χ4n) is 1.05. The first-order chi connectivity index (χ1) is 7.87. The number of benzene rings is 1. The summed E-state index contributed by atoms with van der Waals surface area (Å²) in [6.45, 7) is 5.75. The molecule has 1 aromatic rings. The van der Waals surface area contributed by atoms with Crippen LogP contribution >= 0.6 is 0 Å². The maximum absolute atomic E-state index is 10.4. The third kappa shape index (κ3) is 5.77. The Morgan fingerprint density at radius 1 is 1.24 bits per heavy atom. The third-order valence-corrected chi connectivity index (χ3v) is 1.80. The van der Waals surface area contributed by atoms with Gasteiger partial charge in [0.2, 0.25) is 0 Å². The van der Waals surface area contributed by atoms with Gasteiger partial charge in [-0.15, -0.1) is 0 Å². The van der Waals surface area contributed by atoms with E-state index in [2.05, 4.69) is 10.8 Å². The number of hydrogen-bond donors (Lipinski definition) is 3. The SMILES string of the molecule is CC(C)(C)ONc1ccc(NCC(=O)O)cc1. The zero-order valence-electron chi connectivity index (χ0n) is 10.3. The lowest BCUT2D eigenvalue weighted by atomic mass is 10.2. The average Bonchev–Trinajstić information content (AvgIpc) is 2.24. The number of carboxylic acids is 1. The summed E-state index contributed by atoms with van der Waals surface area (Å²) in [6.07, 6.45) is 0. The van der Waals surface area contributed by atoms with Crippen LogP contribution in [0.5, 0.6) is 0 Å². The molecule has 0 atom stereocenters. The molecule has 0 aliphatic heterocycles. The lowest BCUT2D eigenvalue weighted by Crippen LogP contribution is -2.22. The first kappa shape index (κ1) is 13.3. The average molecular weight is 238 g/mol. The van der Waals surface area contributed by atoms with E-state index >= 15 is 0 Å². The van der Waals surface area contributed by atoms with Gasteiger partial charge >= 0.3 is 5.97 Å². The highest BCUT2D eigenvalue weighted by Gasteiger charge is 2.10. The van der Waals surface area contributed by atoms with E-state index in [9.17, 15) is 4.79 Å². The van der Waals surface area contributed by atoms with Crippen molar-refractivity contribution >= 4 is 17.3 Å². The van der Waals surface area contributed by atoms with Gasteiger partial charge in [0.1, 0.15) is 6.54 Å². The second kappa shape index (κ2) is 5.54. The van der Waals surface area contributed by atoms with Crippen LogP contribution in [0, 0.1) is 0 Å². The van der Waals surface area contributed by atoms with Gasteiger partial charge in [-0.2, -0.15) is 0 Å². The van der Waals surface area contributed by atoms with E-state index in [4.69, 9.17) is 9.94 Å². The van der Waals surface area contributed by atoms with Gasteiger partial charge in [-0.1, -0.05) is 0 Å². The van der Waals surface area contributed by atoms with E-state index in [-0.39, 0.29) is 12.1 Å². The number of anilines is 2. The van der Waals surface area contributed by atoms with E-state index < -0.39 is 5.97 Å². The highest BCUT2D eigenvalue weighted by atomic mass is 16.7. The third-order valence-electron chi connectivity index (χ3n) is 1.80. The van der Waals surface area contributed by atoms with Gasteiger partial charge in [-0.05, 0) is 45.0 Å². The minimum absolute atomic E-state index is 0.0920. The van der Waals surface area contributed by atoms with Gasteiger partial charge in [0.05, 0.1) is 11.3 Å². The molecular weight excluding hydrogens is 220 g/mol. The molecule has 0 unspecified atom stereocenters. The van der Waals surface area contributed by atoms with Gasteiger partial charge < -0.3 is 10.4 Å². The van der Waals surface area contributed by atoms with E-state index in [0.29, 0.717) is 0 Å². The van der Waals surface area contributed by atoms with Gasteiger partial charge in [0.15, 0.2) is 0 Å². The van der Waals surface area contributed by atoms with Crippen LogP contribution in [0.15, 0.2) is 24.3 Å². The summed E-state index contributed by atoms with van der Waals surface area (Å²) in [6, 6.07) is 7.21. The van der Waals surface area contributed by atoms with E-state index in [1.165, 1.54) is 0 Å². The van der Waals surface area contributed by atoms with E-state index in [1.807, 2.05) is 32.9 Å². The highest BCUT2D eigenvalue weighted by molar-refractivity contribution is 5.72. The number of rotatable bonds is 5. The molecular formula is C12H18N2O3. The number of hydrogen-bond acceptors (Lipinski definition) is 4. The van der Waals surface area contributed by atoms with Crippen molar-refractivity contribution < 1.29 is 14.7 Å². The number of carboxylic acid groups (broad SMARTS) is 1. The first-order valence-corrected chi connectivity index (χ1v) is 5.36. The summed E-state index contributed by atoms with van der Waals surface area (Å²) in [5.74, 6) is -0.886. The van der Waals surface area contributed by atoms with Crippen molar-refractivity contribution in [3.8, 4) is 0 Å². The number of aliphatic carboxylic acids is 1. The van der Waals surface area contributed by atoms with Crippen molar-refractivity contribution in [3.05, 3.63) is 24.3 Å². The topological polar surface area (TPSA) is 70.6 Å². The molecule has 94 valence electrons. The van der Waals surface area contributed by atoms with Crippen LogP contribution < -0.4 is 10.8 Å². The molecule has 0 amide bonds. The summed E-state index contributed by atoms with van der Waals surface area (Å²) in [5.41, 5.74) is 4.15. The molecule has 0 saturated carbocycles. The molecule has 0 saturated heterocycles. The van der Waals surface area contributed by atoms with Crippen molar-refractivity contribution in [1.82, 2.24) is 0 Å². The molecule has 0 spiro atoms. The second-order valence-electron chi connectivity index (χ2n) is 4.64. The maximum atomic E-state index is 10.4. The molecule has 0 heterocycles. The largest absolute Gasteiger partial charge is 0.480 e. The van der Waals surface area contributed by atoms with Crippen LogP contribution in [-0.2, 0) is 9.63 Å². The molecule has 3 N–H and O–H groups in total. The van der Waals surface area contributed by atoms with Gasteiger partial charge in [-0.25, -0.2) is 0 Å². The molecule has 0 aliphatic rings. The van der Waals surface area contributed by atoms with Crippen LogP contribution in [0.2, 0.25) is 0 Å². The standard InChI is InChI=1S/C12H18N2O3/c1-12(2,3)17-14-10-6-4-9(5-7-10)13-8-11(15)16/h4-7,13-14H,8H2,1-3H3,(H,15,16). The molecule has 17 heavy (non-hydrogen) atoms. The predicted octanol–water partition coefficient (Wildman–Crippen LogP) is 2.33. The highest BCUT2D eigenvalue weighted by Crippen LogP contribution is 2.15. The Morgan fingerprint density at radius 2 is 1.76 bits per heavy atom. The monoisotopic (exact) mass is 238 g/mol. The summed E-state index contributed by atoms with van der Waals surface area (Å²) >= 11 is 0. The number of carbonyl (C=O) groups is 1. The molecule has 0 aliphatic carbocycles. The quantitative estimate of drug-likeness (QED) is 0.687. The van der Waals surface area contributed by atoms with Gasteiger partial charge in [0, 0.05) is 5.69 Å². The molecule has 0 aromatic heterocycles. The van der Waals surface area contributed by atoms with Gasteiger partial charge in [-0.3, -0.25) is 15.1 Å². The zero-order chi connectivity index (χ0) is 12.9. The van der Waals surface area contributed by atoms with Crippen molar-refractivity contribution in [2.75, 3.05) is 17.3 Å². The Morgan fingerprint density at radius 3 is 2.24 bits per heavy atom. The van der Waals surface area contributed by atoms with Gasteiger partial charge in [0.25, 0.3) is 0 Å². The molecule has 1 rings (SSSR count). The minimum Gasteiger partial charge on any atom is -0.480 e. The van der Waals surface area contributed by atoms with E-state index in [1.54, 1.807) is 12.1 Å². The van der Waals surface area contributed by atoms with Crippen molar-refractivity contribution in [1.29, 1.82) is 0 Å². The molecule has 0 fully saturated rings. The van der Waals surface area contributed by atoms with Crippen LogP contribution in [0.1, 0.15) is 20.8 Å². The van der Waals surface area contributed by atoms with Crippen molar-refractivity contribution in [3.63, 3.8) is 0 Å². The fraction of sp³-hybridized carbons (Fsp3) is 0.417. The maximum Gasteiger partial charge on any atom is 0.322 e. The summed E-state index contributed by atoms with van der Waals surface area (Å²) in [4.78, 5) is 15.7. The van der Waals surface area contributed by atoms with Crippen LogP contribution in [-0.4, -0.2) is 23.2 Å². The predicted molar refractivity (Wildman–Crippen MR) is 67.0 cm³/mol. The van der Waals surface area contributed by atoms with Crippen molar-refractivity contribution in [2.45, 2.75) is 26.4 Å². The van der Waals surface area contributed by atoms with Crippen LogP contribution in [0.3, 0.4) is 0 Å². The van der Waals surface area contributed by atoms with Crippen LogP contribution in [0.4, 0.5) is 11.4 Å². The molecule has 0 bridgehead atoms. The fourth-order valence-corrected chi connectivity index (χ4v) is 1.05. The Labute approximate surface area is 101 Å². The van der Waals surface area contributed by atoms with E-state index in [0.717, 1.165) is 11.4 Å². The molecule has 5 nitrogen and oxygen atoms in total. The Bertz CT molecular complexity index is 368.